The lowest BCUT2D eigenvalue weighted by Gasteiger charge is -2.27. The fraction of sp³-hybridized carbons (Fsp3) is 0.421. The maximum Gasteiger partial charge on any atom is 0.173 e. The average Bonchev–Trinajstić information content (AvgIpc) is 3.02. The smallest absolute Gasteiger partial charge is 0.173 e. The van der Waals surface area contributed by atoms with Gasteiger partial charge in [-0.05, 0) is 81.8 Å². The van der Waals surface area contributed by atoms with Crippen LogP contribution in [-0.2, 0) is 6.54 Å². The molecule has 25 heavy (non-hydrogen) atoms. The molecule has 0 bridgehead atoms. The summed E-state index contributed by atoms with van der Waals surface area (Å²) in [7, 11) is 4.19. The van der Waals surface area contributed by atoms with Crippen molar-refractivity contribution in [3.63, 3.8) is 0 Å². The summed E-state index contributed by atoms with van der Waals surface area (Å²) in [4.78, 5) is 5.72. The van der Waals surface area contributed by atoms with Crippen LogP contribution in [0, 0.1) is 13.8 Å². The van der Waals surface area contributed by atoms with Gasteiger partial charge >= 0.3 is 0 Å². The molecule has 0 radical (unpaired) electrons. The second-order valence-electron chi connectivity index (χ2n) is 6.53. The van der Waals surface area contributed by atoms with Crippen LogP contribution in [0.4, 0.5) is 5.69 Å². The zero-order chi connectivity index (χ0) is 18.4. The Bertz CT molecular complexity index is 676. The minimum Gasteiger partial charge on any atom is -0.344 e. The molecule has 0 spiro atoms. The van der Waals surface area contributed by atoms with E-state index in [-0.39, 0.29) is 0 Å². The predicted octanol–water partition coefficient (Wildman–Crippen LogP) is 5.17. The molecule has 1 heterocycles. The van der Waals surface area contributed by atoms with E-state index in [4.69, 9.17) is 23.8 Å². The summed E-state index contributed by atoms with van der Waals surface area (Å²) in [5.41, 5.74) is 3.16. The van der Waals surface area contributed by atoms with Crippen LogP contribution >= 0.6 is 35.2 Å². The number of hydrogen-bond donors (Lipinski definition) is 1. The first-order chi connectivity index (χ1) is 11.9. The number of hydrogen-bond acceptors (Lipinski definition) is 3. The molecule has 6 heteroatoms. The molecule has 0 atom stereocenters. The van der Waals surface area contributed by atoms with Crippen molar-refractivity contribution >= 4 is 46.0 Å². The molecule has 0 fully saturated rings. The fourth-order valence-corrected chi connectivity index (χ4v) is 4.03. The van der Waals surface area contributed by atoms with Crippen molar-refractivity contribution in [3.05, 3.63) is 50.7 Å². The number of thiophene rings is 1. The van der Waals surface area contributed by atoms with Crippen LogP contribution in [0.25, 0.3) is 0 Å². The molecule has 1 N–H and O–H groups in total. The maximum absolute atomic E-state index is 6.43. The molecule has 0 aliphatic carbocycles. The highest BCUT2D eigenvalue weighted by molar-refractivity contribution is 7.80. The highest BCUT2D eigenvalue weighted by Crippen LogP contribution is 2.28. The number of aryl methyl sites for hydroxylation is 2. The van der Waals surface area contributed by atoms with Gasteiger partial charge in [0.2, 0.25) is 0 Å². The Hall–Kier alpha value is -1.14. The first kappa shape index (κ1) is 20.2. The number of nitrogens with zero attached hydrogens (tertiary/aromatic N) is 2. The van der Waals surface area contributed by atoms with E-state index in [1.807, 2.05) is 13.0 Å². The number of benzene rings is 1. The lowest BCUT2D eigenvalue weighted by Crippen LogP contribution is -2.36. The molecule has 2 aromatic rings. The molecule has 0 amide bonds. The molecule has 0 aliphatic rings. The Morgan fingerprint density at radius 2 is 2.00 bits per heavy atom. The zero-order valence-corrected chi connectivity index (χ0v) is 17.7. The van der Waals surface area contributed by atoms with Crippen molar-refractivity contribution in [2.24, 2.45) is 0 Å². The van der Waals surface area contributed by atoms with E-state index in [0.29, 0.717) is 5.02 Å². The number of anilines is 1. The minimum absolute atomic E-state index is 0.712. The summed E-state index contributed by atoms with van der Waals surface area (Å²) in [6.07, 6.45) is 1.06. The third-order valence-electron chi connectivity index (χ3n) is 3.91. The van der Waals surface area contributed by atoms with Gasteiger partial charge in [0.1, 0.15) is 0 Å². The molecular formula is C19H26ClN3S2. The Labute approximate surface area is 165 Å². The van der Waals surface area contributed by atoms with Gasteiger partial charge in [-0.3, -0.25) is 0 Å². The SMILES string of the molecule is Cc1cc(C)c(NC(=S)N(CCCN(C)C)Cc2cccs2)c(Cl)c1. The summed E-state index contributed by atoms with van der Waals surface area (Å²) in [5.74, 6) is 0. The topological polar surface area (TPSA) is 18.5 Å². The van der Waals surface area contributed by atoms with Gasteiger partial charge in [0, 0.05) is 11.4 Å². The molecular weight excluding hydrogens is 370 g/mol. The Balaban J connectivity index is 2.11. The number of rotatable bonds is 7. The van der Waals surface area contributed by atoms with Crippen LogP contribution in [0.1, 0.15) is 22.4 Å². The largest absolute Gasteiger partial charge is 0.344 e. The molecule has 1 aromatic heterocycles. The minimum atomic E-state index is 0.712. The van der Waals surface area contributed by atoms with Crippen LogP contribution in [0.3, 0.4) is 0 Å². The summed E-state index contributed by atoms with van der Waals surface area (Å²) in [5, 5.41) is 6.91. The van der Waals surface area contributed by atoms with E-state index in [2.05, 4.69) is 59.7 Å². The average molecular weight is 396 g/mol. The van der Waals surface area contributed by atoms with Gasteiger partial charge in [-0.15, -0.1) is 11.3 Å². The quantitative estimate of drug-likeness (QED) is 0.651. The highest BCUT2D eigenvalue weighted by atomic mass is 35.5. The summed E-state index contributed by atoms with van der Waals surface area (Å²) in [6.45, 7) is 6.86. The summed E-state index contributed by atoms with van der Waals surface area (Å²) in [6, 6.07) is 8.31. The van der Waals surface area contributed by atoms with Crippen LogP contribution in [-0.4, -0.2) is 42.1 Å². The first-order valence-corrected chi connectivity index (χ1v) is 10.0. The van der Waals surface area contributed by atoms with Crippen LogP contribution in [0.5, 0.6) is 0 Å². The second-order valence-corrected chi connectivity index (χ2v) is 8.35. The van der Waals surface area contributed by atoms with Crippen molar-refractivity contribution < 1.29 is 0 Å². The van der Waals surface area contributed by atoms with Crippen molar-refractivity contribution in [3.8, 4) is 0 Å². The number of halogens is 1. The van der Waals surface area contributed by atoms with Gasteiger partial charge < -0.3 is 15.1 Å². The first-order valence-electron chi connectivity index (χ1n) is 8.36. The maximum atomic E-state index is 6.43. The summed E-state index contributed by atoms with van der Waals surface area (Å²) >= 11 is 13.9. The molecule has 2 rings (SSSR count). The van der Waals surface area contributed by atoms with Gasteiger partial charge in [0.05, 0.1) is 17.3 Å². The molecule has 136 valence electrons. The van der Waals surface area contributed by atoms with Crippen LogP contribution < -0.4 is 5.32 Å². The lowest BCUT2D eigenvalue weighted by atomic mass is 10.1. The van der Waals surface area contributed by atoms with E-state index < -0.39 is 0 Å². The van der Waals surface area contributed by atoms with E-state index in [0.717, 1.165) is 48.0 Å². The predicted molar refractivity (Wildman–Crippen MR) is 115 cm³/mol. The third kappa shape index (κ3) is 6.26. The van der Waals surface area contributed by atoms with Gasteiger partial charge in [-0.2, -0.15) is 0 Å². The molecule has 1 aromatic carbocycles. The van der Waals surface area contributed by atoms with Crippen molar-refractivity contribution in [2.75, 3.05) is 32.5 Å². The zero-order valence-electron chi connectivity index (χ0n) is 15.3. The van der Waals surface area contributed by atoms with E-state index >= 15 is 0 Å². The molecule has 0 saturated heterocycles. The lowest BCUT2D eigenvalue weighted by molar-refractivity contribution is 0.347. The monoisotopic (exact) mass is 395 g/mol. The Morgan fingerprint density at radius 1 is 1.24 bits per heavy atom. The fourth-order valence-electron chi connectivity index (χ4n) is 2.68. The summed E-state index contributed by atoms with van der Waals surface area (Å²) < 4.78 is 0. The normalized spacial score (nSPS) is 11.0. The second kappa shape index (κ2) is 9.53. The highest BCUT2D eigenvalue weighted by Gasteiger charge is 2.14. The Kier molecular flexibility index (Phi) is 7.69. The van der Waals surface area contributed by atoms with Gasteiger partial charge in [-0.25, -0.2) is 0 Å². The van der Waals surface area contributed by atoms with Crippen molar-refractivity contribution in [2.45, 2.75) is 26.8 Å². The molecule has 0 aliphatic heterocycles. The van der Waals surface area contributed by atoms with Gasteiger partial charge in [0.15, 0.2) is 5.11 Å². The molecule has 0 saturated carbocycles. The van der Waals surface area contributed by atoms with Crippen LogP contribution in [0.2, 0.25) is 5.02 Å². The number of nitrogens with one attached hydrogen (secondary N) is 1. The van der Waals surface area contributed by atoms with Gasteiger partial charge in [-0.1, -0.05) is 23.7 Å². The van der Waals surface area contributed by atoms with E-state index in [1.165, 1.54) is 4.88 Å². The van der Waals surface area contributed by atoms with Crippen molar-refractivity contribution in [1.29, 1.82) is 0 Å². The Morgan fingerprint density at radius 3 is 2.60 bits per heavy atom. The molecule has 0 unspecified atom stereocenters. The van der Waals surface area contributed by atoms with E-state index in [1.54, 1.807) is 11.3 Å². The van der Waals surface area contributed by atoms with Gasteiger partial charge in [0.25, 0.3) is 0 Å². The van der Waals surface area contributed by atoms with Crippen molar-refractivity contribution in [1.82, 2.24) is 9.80 Å². The van der Waals surface area contributed by atoms with E-state index in [9.17, 15) is 0 Å². The third-order valence-corrected chi connectivity index (χ3v) is 5.43. The number of thiocarbonyl (C=S) groups is 1. The van der Waals surface area contributed by atoms with Crippen LogP contribution in [0.15, 0.2) is 29.6 Å². The molecule has 3 nitrogen and oxygen atoms in total. The standard InChI is InChI=1S/C19H26ClN3S2/c1-14-11-15(2)18(17(20)12-14)21-19(24)23(9-6-8-22(3)4)13-16-7-5-10-25-16/h5,7,10-12H,6,8-9,13H2,1-4H3,(H,21,24).